The zero-order valence-corrected chi connectivity index (χ0v) is 22.6. The van der Waals surface area contributed by atoms with Crippen molar-refractivity contribution in [2.45, 2.75) is 13.8 Å². The minimum Gasteiger partial charge on any atom is -0.264 e. The Labute approximate surface area is 234 Å². The fourth-order valence-corrected chi connectivity index (χ4v) is 5.95. The van der Waals surface area contributed by atoms with Crippen molar-refractivity contribution in [3.63, 3.8) is 0 Å². The summed E-state index contributed by atoms with van der Waals surface area (Å²) in [6, 6.07) is 41.4. The summed E-state index contributed by atoms with van der Waals surface area (Å²) in [5, 5.41) is 5.04. The maximum atomic E-state index is 4.56. The van der Waals surface area contributed by atoms with Crippen LogP contribution in [0.5, 0.6) is 0 Å². The Bertz CT molecular complexity index is 1950. The van der Waals surface area contributed by atoms with E-state index in [1.807, 2.05) is 30.7 Å². The smallest absolute Gasteiger partial charge is 0.0702 e. The van der Waals surface area contributed by atoms with Gasteiger partial charge in [-0.15, -0.1) is 0 Å². The lowest BCUT2D eigenvalue weighted by molar-refractivity contribution is 1.29. The molecule has 5 aromatic carbocycles. The highest BCUT2D eigenvalue weighted by Crippen LogP contribution is 2.45. The number of aromatic nitrogens is 2. The summed E-state index contributed by atoms with van der Waals surface area (Å²) in [6.07, 6.45) is 5.65. The van der Waals surface area contributed by atoms with Gasteiger partial charge in [-0.1, -0.05) is 91.0 Å². The summed E-state index contributed by atoms with van der Waals surface area (Å²) in [6.45, 7) is 4.34. The lowest BCUT2D eigenvalue weighted by Gasteiger charge is -2.19. The molecule has 7 rings (SSSR count). The lowest BCUT2D eigenvalue weighted by atomic mass is 9.84. The van der Waals surface area contributed by atoms with Gasteiger partial charge in [-0.25, -0.2) is 0 Å². The van der Waals surface area contributed by atoms with Gasteiger partial charge in [0.25, 0.3) is 0 Å². The van der Waals surface area contributed by atoms with Gasteiger partial charge in [0.15, 0.2) is 0 Å². The molecule has 0 unspecified atom stereocenters. The number of aryl methyl sites for hydroxylation is 2. The Balaban J connectivity index is 1.45. The molecule has 0 aliphatic carbocycles. The fourth-order valence-electron chi connectivity index (χ4n) is 5.95. The van der Waals surface area contributed by atoms with Crippen LogP contribution < -0.4 is 0 Å². The molecular weight excluding hydrogens is 484 g/mol. The van der Waals surface area contributed by atoms with E-state index in [1.165, 1.54) is 66.1 Å². The van der Waals surface area contributed by atoms with Crippen molar-refractivity contribution >= 4 is 21.5 Å². The fraction of sp³-hybridized carbons (Fsp3) is 0.0526. The quantitative estimate of drug-likeness (QED) is 0.219. The zero-order chi connectivity index (χ0) is 27.1. The Morgan fingerprint density at radius 1 is 0.450 bits per heavy atom. The molecule has 0 N–H and O–H groups in total. The van der Waals surface area contributed by atoms with Crippen LogP contribution in [0.1, 0.15) is 11.1 Å². The second-order valence-electron chi connectivity index (χ2n) is 10.4. The van der Waals surface area contributed by atoms with E-state index in [0.717, 1.165) is 11.3 Å². The molecule has 0 aliphatic rings. The summed E-state index contributed by atoms with van der Waals surface area (Å²) in [5.74, 6) is 0. The van der Waals surface area contributed by atoms with Gasteiger partial charge >= 0.3 is 0 Å². The van der Waals surface area contributed by atoms with Gasteiger partial charge in [0, 0.05) is 29.7 Å². The molecule has 0 radical (unpaired) electrons. The van der Waals surface area contributed by atoms with Crippen molar-refractivity contribution in [2.24, 2.45) is 0 Å². The first-order chi connectivity index (χ1) is 19.7. The maximum absolute atomic E-state index is 4.56. The molecule has 0 bridgehead atoms. The standard InChI is InChI=1S/C38H28N2/c1-25-20-22-39-24-35(25)27-14-16-28(17-15-27)37-31-9-3-5-11-33(31)38(34-12-6-4-10-32(34)37)30-19-18-29(23-26(30)2)36-13-7-8-21-40-36/h3-24H,1-2H3. The third-order valence-electron chi connectivity index (χ3n) is 7.91. The third-order valence-corrected chi connectivity index (χ3v) is 7.91. The summed E-state index contributed by atoms with van der Waals surface area (Å²) < 4.78 is 0. The van der Waals surface area contributed by atoms with Crippen LogP contribution in [0.4, 0.5) is 0 Å². The van der Waals surface area contributed by atoms with Crippen LogP contribution >= 0.6 is 0 Å². The van der Waals surface area contributed by atoms with E-state index in [4.69, 9.17) is 0 Å². The number of nitrogens with zero attached hydrogens (tertiary/aromatic N) is 2. The van der Waals surface area contributed by atoms with E-state index in [9.17, 15) is 0 Å². The molecular formula is C38H28N2. The summed E-state index contributed by atoms with van der Waals surface area (Å²) >= 11 is 0. The molecule has 190 valence electrons. The molecule has 0 saturated carbocycles. The molecule has 7 aromatic rings. The molecule has 2 heterocycles. The molecule has 0 atom stereocenters. The highest BCUT2D eigenvalue weighted by atomic mass is 14.7. The normalized spacial score (nSPS) is 11.2. The minimum absolute atomic E-state index is 0.993. The van der Waals surface area contributed by atoms with Crippen molar-refractivity contribution in [2.75, 3.05) is 0 Å². The Morgan fingerprint density at radius 3 is 1.65 bits per heavy atom. The predicted octanol–water partition coefficient (Wildman–Crippen LogP) is 10.1. The third kappa shape index (κ3) is 4.06. The molecule has 0 fully saturated rings. The number of hydrogen-bond donors (Lipinski definition) is 0. The molecule has 2 nitrogen and oxygen atoms in total. The van der Waals surface area contributed by atoms with Crippen LogP contribution in [0.3, 0.4) is 0 Å². The summed E-state index contributed by atoms with van der Waals surface area (Å²) in [4.78, 5) is 8.91. The second-order valence-corrected chi connectivity index (χ2v) is 10.4. The van der Waals surface area contributed by atoms with E-state index in [-0.39, 0.29) is 0 Å². The van der Waals surface area contributed by atoms with Crippen LogP contribution in [0.25, 0.3) is 66.2 Å². The van der Waals surface area contributed by atoms with Gasteiger partial charge in [-0.05, 0) is 98.6 Å². The van der Waals surface area contributed by atoms with E-state index < -0.39 is 0 Å². The van der Waals surface area contributed by atoms with Crippen molar-refractivity contribution in [3.8, 4) is 44.6 Å². The van der Waals surface area contributed by atoms with Crippen molar-refractivity contribution < 1.29 is 0 Å². The van der Waals surface area contributed by atoms with Crippen molar-refractivity contribution in [1.29, 1.82) is 0 Å². The average Bonchev–Trinajstić information content (AvgIpc) is 3.01. The molecule has 2 heteroatoms. The average molecular weight is 513 g/mol. The van der Waals surface area contributed by atoms with E-state index in [2.05, 4.69) is 127 Å². The first-order valence-corrected chi connectivity index (χ1v) is 13.7. The second kappa shape index (κ2) is 9.91. The van der Waals surface area contributed by atoms with Crippen LogP contribution in [0, 0.1) is 13.8 Å². The van der Waals surface area contributed by atoms with Crippen LogP contribution in [0.2, 0.25) is 0 Å². The van der Waals surface area contributed by atoms with E-state index in [1.54, 1.807) is 0 Å². The first-order valence-electron chi connectivity index (χ1n) is 13.7. The number of benzene rings is 5. The highest BCUT2D eigenvalue weighted by Gasteiger charge is 2.18. The summed E-state index contributed by atoms with van der Waals surface area (Å²) in [5.41, 5.74) is 12.0. The van der Waals surface area contributed by atoms with Gasteiger partial charge in [0.1, 0.15) is 0 Å². The minimum atomic E-state index is 0.993. The van der Waals surface area contributed by atoms with Crippen molar-refractivity contribution in [1.82, 2.24) is 9.97 Å². The predicted molar refractivity (Wildman–Crippen MR) is 168 cm³/mol. The Hall–Kier alpha value is -5.08. The van der Waals surface area contributed by atoms with E-state index >= 15 is 0 Å². The first kappa shape index (κ1) is 24.0. The largest absolute Gasteiger partial charge is 0.264 e. The summed E-state index contributed by atoms with van der Waals surface area (Å²) in [7, 11) is 0. The van der Waals surface area contributed by atoms with Crippen LogP contribution in [-0.4, -0.2) is 9.97 Å². The Morgan fingerprint density at radius 2 is 1.05 bits per heavy atom. The van der Waals surface area contributed by atoms with Gasteiger partial charge in [-0.2, -0.15) is 0 Å². The highest BCUT2D eigenvalue weighted by molar-refractivity contribution is 6.21. The number of pyridine rings is 2. The molecule has 40 heavy (non-hydrogen) atoms. The molecule has 2 aromatic heterocycles. The van der Waals surface area contributed by atoms with E-state index in [0.29, 0.717) is 0 Å². The molecule has 0 amide bonds. The zero-order valence-electron chi connectivity index (χ0n) is 22.6. The van der Waals surface area contributed by atoms with Crippen LogP contribution in [-0.2, 0) is 0 Å². The lowest BCUT2D eigenvalue weighted by Crippen LogP contribution is -1.93. The maximum Gasteiger partial charge on any atom is 0.0702 e. The molecule has 0 spiro atoms. The van der Waals surface area contributed by atoms with Gasteiger partial charge in [0.05, 0.1) is 5.69 Å². The topological polar surface area (TPSA) is 25.8 Å². The van der Waals surface area contributed by atoms with Gasteiger partial charge in [0.2, 0.25) is 0 Å². The number of rotatable bonds is 4. The Kier molecular flexibility index (Phi) is 5.94. The monoisotopic (exact) mass is 512 g/mol. The number of hydrogen-bond acceptors (Lipinski definition) is 2. The van der Waals surface area contributed by atoms with Crippen LogP contribution in [0.15, 0.2) is 134 Å². The molecule has 0 saturated heterocycles. The van der Waals surface area contributed by atoms with Gasteiger partial charge < -0.3 is 0 Å². The van der Waals surface area contributed by atoms with Gasteiger partial charge in [-0.3, -0.25) is 9.97 Å². The molecule has 0 aliphatic heterocycles. The number of fused-ring (bicyclic) bond motifs is 2. The SMILES string of the molecule is Cc1ccncc1-c1ccc(-c2c3ccccc3c(-c3ccc(-c4ccccn4)cc3C)c3ccccc23)cc1. The van der Waals surface area contributed by atoms with Crippen molar-refractivity contribution in [3.05, 3.63) is 145 Å².